The SMILES string of the molecule is CCC(C(C)C)n1cnc2c(-c3cnc(N)cn3)nc(N3CC4CCC(C3)O4)nc21. The second-order valence-electron chi connectivity index (χ2n) is 8.60. The molecule has 9 heteroatoms. The molecule has 2 bridgehead atoms. The van der Waals surface area contributed by atoms with Gasteiger partial charge in [-0.1, -0.05) is 20.8 Å². The van der Waals surface area contributed by atoms with E-state index in [-0.39, 0.29) is 12.2 Å². The van der Waals surface area contributed by atoms with E-state index in [1.807, 2.05) is 6.33 Å². The summed E-state index contributed by atoms with van der Waals surface area (Å²) in [7, 11) is 0. The molecule has 2 fully saturated rings. The summed E-state index contributed by atoms with van der Waals surface area (Å²) >= 11 is 0. The normalized spacial score (nSPS) is 22.2. The highest BCUT2D eigenvalue weighted by Crippen LogP contribution is 2.33. The fraction of sp³-hybridized carbons (Fsp3) is 0.571. The molecule has 5 heterocycles. The van der Waals surface area contributed by atoms with Gasteiger partial charge in [-0.05, 0) is 25.2 Å². The minimum Gasteiger partial charge on any atom is -0.382 e. The number of morpholine rings is 1. The monoisotopic (exact) mass is 408 g/mol. The van der Waals surface area contributed by atoms with Crippen LogP contribution >= 0.6 is 0 Å². The van der Waals surface area contributed by atoms with Crippen molar-refractivity contribution in [3.63, 3.8) is 0 Å². The number of ether oxygens (including phenoxy) is 1. The molecule has 30 heavy (non-hydrogen) atoms. The summed E-state index contributed by atoms with van der Waals surface area (Å²) in [5, 5.41) is 0. The summed E-state index contributed by atoms with van der Waals surface area (Å²) in [6.45, 7) is 8.28. The Bertz CT molecular complexity index is 1040. The van der Waals surface area contributed by atoms with Crippen LogP contribution in [0.5, 0.6) is 0 Å². The van der Waals surface area contributed by atoms with Crippen molar-refractivity contribution in [1.82, 2.24) is 29.5 Å². The predicted molar refractivity (Wildman–Crippen MR) is 115 cm³/mol. The zero-order valence-electron chi connectivity index (χ0n) is 17.7. The van der Waals surface area contributed by atoms with Crippen LogP contribution in [0.15, 0.2) is 18.7 Å². The van der Waals surface area contributed by atoms with E-state index in [1.165, 1.54) is 0 Å². The molecule has 3 atom stereocenters. The van der Waals surface area contributed by atoms with Crippen molar-refractivity contribution in [3.05, 3.63) is 18.7 Å². The van der Waals surface area contributed by atoms with Crippen LogP contribution in [-0.2, 0) is 4.74 Å². The molecule has 2 aliphatic rings. The fourth-order valence-corrected chi connectivity index (χ4v) is 4.70. The lowest BCUT2D eigenvalue weighted by molar-refractivity contribution is 0.0299. The van der Waals surface area contributed by atoms with E-state index >= 15 is 0 Å². The van der Waals surface area contributed by atoms with Crippen molar-refractivity contribution in [2.45, 2.75) is 58.3 Å². The maximum atomic E-state index is 6.01. The van der Waals surface area contributed by atoms with Gasteiger partial charge in [-0.2, -0.15) is 4.98 Å². The van der Waals surface area contributed by atoms with Gasteiger partial charge in [0.1, 0.15) is 22.7 Å². The van der Waals surface area contributed by atoms with Crippen LogP contribution in [-0.4, -0.2) is 54.8 Å². The largest absolute Gasteiger partial charge is 0.382 e. The molecule has 9 nitrogen and oxygen atoms in total. The molecule has 0 aromatic carbocycles. The lowest BCUT2D eigenvalue weighted by Crippen LogP contribution is -2.43. The molecule has 3 aromatic heterocycles. The maximum absolute atomic E-state index is 6.01. The Labute approximate surface area is 175 Å². The van der Waals surface area contributed by atoms with Crippen LogP contribution in [0, 0.1) is 5.92 Å². The van der Waals surface area contributed by atoms with Gasteiger partial charge in [0, 0.05) is 19.1 Å². The van der Waals surface area contributed by atoms with Crippen LogP contribution in [0.1, 0.15) is 46.1 Å². The lowest BCUT2D eigenvalue weighted by atomic mass is 10.0. The van der Waals surface area contributed by atoms with Crippen LogP contribution in [0.4, 0.5) is 11.8 Å². The number of nitrogens with two attached hydrogens (primary N) is 1. The average molecular weight is 409 g/mol. The van der Waals surface area contributed by atoms with Gasteiger partial charge in [0.05, 0.1) is 30.9 Å². The van der Waals surface area contributed by atoms with Crippen molar-refractivity contribution >= 4 is 22.9 Å². The van der Waals surface area contributed by atoms with E-state index in [0.717, 1.165) is 43.5 Å². The number of imidazole rings is 1. The Balaban J connectivity index is 1.67. The Morgan fingerprint density at radius 3 is 2.50 bits per heavy atom. The second kappa shape index (κ2) is 7.46. The minimum atomic E-state index is 0.256. The van der Waals surface area contributed by atoms with E-state index in [1.54, 1.807) is 12.4 Å². The van der Waals surface area contributed by atoms with E-state index in [9.17, 15) is 0 Å². The molecule has 0 aliphatic carbocycles. The minimum absolute atomic E-state index is 0.256. The maximum Gasteiger partial charge on any atom is 0.228 e. The van der Waals surface area contributed by atoms with E-state index in [0.29, 0.717) is 35.1 Å². The molecule has 3 aromatic rings. The first kappa shape index (κ1) is 19.2. The quantitative estimate of drug-likeness (QED) is 0.687. The molecular formula is C21H28N8O. The molecule has 0 spiro atoms. The van der Waals surface area contributed by atoms with Crippen LogP contribution in [0.3, 0.4) is 0 Å². The van der Waals surface area contributed by atoms with Gasteiger partial charge in [0.25, 0.3) is 0 Å². The first-order chi connectivity index (χ1) is 14.5. The fourth-order valence-electron chi connectivity index (χ4n) is 4.70. The predicted octanol–water partition coefficient (Wildman–Crippen LogP) is 2.84. The van der Waals surface area contributed by atoms with Gasteiger partial charge in [0.15, 0.2) is 5.65 Å². The summed E-state index contributed by atoms with van der Waals surface area (Å²) in [6.07, 6.45) is 8.81. The van der Waals surface area contributed by atoms with Crippen molar-refractivity contribution in [2.24, 2.45) is 5.92 Å². The number of hydrogen-bond acceptors (Lipinski definition) is 8. The second-order valence-corrected chi connectivity index (χ2v) is 8.60. The van der Waals surface area contributed by atoms with Crippen molar-refractivity contribution in [2.75, 3.05) is 23.7 Å². The Morgan fingerprint density at radius 2 is 1.87 bits per heavy atom. The highest BCUT2D eigenvalue weighted by molar-refractivity contribution is 5.87. The van der Waals surface area contributed by atoms with Crippen LogP contribution in [0.25, 0.3) is 22.6 Å². The zero-order chi connectivity index (χ0) is 20.8. The Morgan fingerprint density at radius 1 is 1.10 bits per heavy atom. The lowest BCUT2D eigenvalue weighted by Gasteiger charge is -2.32. The van der Waals surface area contributed by atoms with Gasteiger partial charge in [-0.25, -0.2) is 19.9 Å². The van der Waals surface area contributed by atoms with E-state index in [4.69, 9.17) is 25.4 Å². The van der Waals surface area contributed by atoms with Crippen molar-refractivity contribution in [1.29, 1.82) is 0 Å². The summed E-state index contributed by atoms with van der Waals surface area (Å²) in [4.78, 5) is 25.5. The van der Waals surface area contributed by atoms with Crippen LogP contribution < -0.4 is 10.6 Å². The standard InChI is InChI=1S/C21H28N8O/c1-4-16(12(2)3)29-11-25-19-18(15-7-24-17(22)8-23-15)26-21(27-20(19)29)28-9-13-5-6-14(10-28)30-13/h7-8,11-14,16H,4-6,9-10H2,1-3H3,(H2,22,24). The molecule has 5 rings (SSSR count). The summed E-state index contributed by atoms with van der Waals surface area (Å²) in [6, 6.07) is 0.309. The summed E-state index contributed by atoms with van der Waals surface area (Å²) in [5.41, 5.74) is 8.68. The molecule has 0 saturated carbocycles. The number of hydrogen-bond donors (Lipinski definition) is 1. The Hall–Kier alpha value is -2.81. The van der Waals surface area contributed by atoms with Gasteiger partial charge in [-0.3, -0.25) is 0 Å². The van der Waals surface area contributed by atoms with E-state index < -0.39 is 0 Å². The van der Waals surface area contributed by atoms with Gasteiger partial charge < -0.3 is 19.9 Å². The van der Waals surface area contributed by atoms with Gasteiger partial charge in [-0.15, -0.1) is 0 Å². The molecular weight excluding hydrogens is 380 g/mol. The first-order valence-electron chi connectivity index (χ1n) is 10.8. The number of nitrogens with zero attached hydrogens (tertiary/aromatic N) is 7. The average Bonchev–Trinajstić information content (AvgIpc) is 3.31. The zero-order valence-corrected chi connectivity index (χ0v) is 17.7. The molecule has 0 amide bonds. The third-order valence-electron chi connectivity index (χ3n) is 6.20. The van der Waals surface area contributed by atoms with E-state index in [2.05, 4.69) is 40.2 Å². The number of fused-ring (bicyclic) bond motifs is 3. The number of aromatic nitrogens is 6. The molecule has 0 radical (unpaired) electrons. The van der Waals surface area contributed by atoms with Gasteiger partial charge >= 0.3 is 0 Å². The summed E-state index contributed by atoms with van der Waals surface area (Å²) < 4.78 is 8.20. The van der Waals surface area contributed by atoms with Gasteiger partial charge in [0.2, 0.25) is 5.95 Å². The smallest absolute Gasteiger partial charge is 0.228 e. The molecule has 3 unspecified atom stereocenters. The van der Waals surface area contributed by atoms with Crippen molar-refractivity contribution < 1.29 is 4.74 Å². The van der Waals surface area contributed by atoms with Crippen LogP contribution in [0.2, 0.25) is 0 Å². The molecule has 2 saturated heterocycles. The number of rotatable bonds is 5. The highest BCUT2D eigenvalue weighted by Gasteiger charge is 2.35. The topological polar surface area (TPSA) is 108 Å². The molecule has 2 N–H and O–H groups in total. The number of nitrogen functional groups attached to an aromatic ring is 1. The molecule has 158 valence electrons. The third-order valence-corrected chi connectivity index (χ3v) is 6.20. The highest BCUT2D eigenvalue weighted by atomic mass is 16.5. The molecule has 2 aliphatic heterocycles. The Kier molecular flexibility index (Phi) is 4.77. The number of anilines is 2. The third kappa shape index (κ3) is 3.27. The van der Waals surface area contributed by atoms with Crippen molar-refractivity contribution in [3.8, 4) is 11.4 Å². The first-order valence-corrected chi connectivity index (χ1v) is 10.8. The summed E-state index contributed by atoms with van der Waals surface area (Å²) in [5.74, 6) is 1.55.